The van der Waals surface area contributed by atoms with Gasteiger partial charge in [0.2, 0.25) is 15.9 Å². The number of ether oxygens (including phenoxy) is 1. The molecule has 2 aromatic rings. The van der Waals surface area contributed by atoms with Gasteiger partial charge in [-0.2, -0.15) is 9.40 Å². The summed E-state index contributed by atoms with van der Waals surface area (Å²) >= 11 is 0. The van der Waals surface area contributed by atoms with Crippen LogP contribution in [0.5, 0.6) is 0 Å². The second-order valence-electron chi connectivity index (χ2n) is 6.79. The molecule has 1 aliphatic heterocycles. The van der Waals surface area contributed by atoms with E-state index in [2.05, 4.69) is 10.4 Å². The summed E-state index contributed by atoms with van der Waals surface area (Å²) in [5.41, 5.74) is 0.187. The largest absolute Gasteiger partial charge is 0.462 e. The Balaban J connectivity index is 1.57. The van der Waals surface area contributed by atoms with Crippen molar-refractivity contribution in [2.75, 3.05) is 44.6 Å². The van der Waals surface area contributed by atoms with Crippen LogP contribution >= 0.6 is 0 Å². The number of amides is 1. The first-order chi connectivity index (χ1) is 14.3. The average molecular weight is 436 g/mol. The Morgan fingerprint density at radius 1 is 1.13 bits per heavy atom. The van der Waals surface area contributed by atoms with Crippen molar-refractivity contribution in [2.24, 2.45) is 7.05 Å². The van der Waals surface area contributed by atoms with Crippen LogP contribution in [0, 0.1) is 0 Å². The van der Waals surface area contributed by atoms with Crippen molar-refractivity contribution in [3.05, 3.63) is 42.1 Å². The Bertz CT molecular complexity index is 998. The maximum Gasteiger partial charge on any atom is 0.343 e. The highest BCUT2D eigenvalue weighted by Crippen LogP contribution is 2.18. The van der Waals surface area contributed by atoms with E-state index in [1.807, 2.05) is 4.90 Å². The molecule has 0 aliphatic carbocycles. The number of benzene rings is 1. The molecule has 1 fully saturated rings. The van der Waals surface area contributed by atoms with Crippen LogP contribution in [0.15, 0.2) is 41.4 Å². The predicted octanol–water partition coefficient (Wildman–Crippen LogP) is 0.542. The molecule has 1 saturated heterocycles. The quantitative estimate of drug-likeness (QED) is 0.632. The molecule has 0 spiro atoms. The van der Waals surface area contributed by atoms with Gasteiger partial charge in [0.05, 0.1) is 24.2 Å². The third-order valence-corrected chi connectivity index (χ3v) is 6.68. The van der Waals surface area contributed by atoms with Gasteiger partial charge in [-0.25, -0.2) is 13.2 Å². The summed E-state index contributed by atoms with van der Waals surface area (Å²) in [6.45, 7) is 3.44. The van der Waals surface area contributed by atoms with Gasteiger partial charge in [-0.05, 0) is 19.1 Å². The maximum absolute atomic E-state index is 12.7. The summed E-state index contributed by atoms with van der Waals surface area (Å²) in [5, 5.41) is 6.70. The van der Waals surface area contributed by atoms with Crippen molar-refractivity contribution < 1.29 is 22.7 Å². The molecule has 1 amide bonds. The van der Waals surface area contributed by atoms with E-state index in [0.717, 1.165) is 0 Å². The second-order valence-corrected chi connectivity index (χ2v) is 8.73. The first-order valence-corrected chi connectivity index (χ1v) is 11.0. The normalized spacial score (nSPS) is 15.7. The number of hydrogen-bond donors (Lipinski definition) is 1. The minimum Gasteiger partial charge on any atom is -0.462 e. The molecule has 1 N–H and O–H groups in total. The smallest absolute Gasteiger partial charge is 0.343 e. The van der Waals surface area contributed by atoms with Crippen molar-refractivity contribution in [1.29, 1.82) is 0 Å². The summed E-state index contributed by atoms with van der Waals surface area (Å²) in [6, 6.07) is 8.30. The minimum absolute atomic E-state index is 0.0761. The number of nitrogens with zero attached hydrogens (tertiary/aromatic N) is 4. The molecule has 2 heterocycles. The van der Waals surface area contributed by atoms with Gasteiger partial charge < -0.3 is 10.1 Å². The fourth-order valence-corrected chi connectivity index (χ4v) is 4.63. The molecule has 1 aliphatic rings. The molecule has 3 rings (SSSR count). The molecule has 10 nitrogen and oxygen atoms in total. The van der Waals surface area contributed by atoms with Gasteiger partial charge in [-0.3, -0.25) is 14.4 Å². The molecule has 1 aromatic carbocycles. The summed E-state index contributed by atoms with van der Waals surface area (Å²) in [6.07, 6.45) is 1.35. The number of anilines is 1. The van der Waals surface area contributed by atoms with Crippen LogP contribution in [0.4, 0.5) is 5.82 Å². The zero-order valence-electron chi connectivity index (χ0n) is 16.9. The molecule has 30 heavy (non-hydrogen) atoms. The van der Waals surface area contributed by atoms with Crippen LogP contribution in [0.25, 0.3) is 0 Å². The van der Waals surface area contributed by atoms with E-state index in [-0.39, 0.29) is 35.3 Å². The summed E-state index contributed by atoms with van der Waals surface area (Å²) in [5.74, 6) is -0.604. The molecule has 162 valence electrons. The van der Waals surface area contributed by atoms with Crippen molar-refractivity contribution in [1.82, 2.24) is 19.0 Å². The molecule has 0 radical (unpaired) electrons. The second kappa shape index (κ2) is 9.37. The fraction of sp³-hybridized carbons (Fsp3) is 0.421. The monoisotopic (exact) mass is 435 g/mol. The molecular weight excluding hydrogens is 410 g/mol. The first kappa shape index (κ1) is 21.9. The van der Waals surface area contributed by atoms with E-state index in [1.54, 1.807) is 44.3 Å². The van der Waals surface area contributed by atoms with E-state index < -0.39 is 16.0 Å². The van der Waals surface area contributed by atoms with Gasteiger partial charge in [0.1, 0.15) is 11.4 Å². The lowest BCUT2D eigenvalue weighted by Gasteiger charge is -2.33. The van der Waals surface area contributed by atoms with Gasteiger partial charge in [-0.1, -0.05) is 18.2 Å². The van der Waals surface area contributed by atoms with Crippen molar-refractivity contribution >= 4 is 27.7 Å². The number of piperazine rings is 1. The van der Waals surface area contributed by atoms with Crippen LogP contribution in [-0.4, -0.2) is 78.6 Å². The number of carbonyl (C=O) groups excluding carboxylic acids is 2. The summed E-state index contributed by atoms with van der Waals surface area (Å²) in [4.78, 5) is 26.6. The van der Waals surface area contributed by atoms with E-state index in [0.29, 0.717) is 26.2 Å². The lowest BCUT2D eigenvalue weighted by Crippen LogP contribution is -2.50. The average Bonchev–Trinajstić information content (AvgIpc) is 3.09. The zero-order valence-corrected chi connectivity index (χ0v) is 17.8. The molecule has 0 atom stereocenters. The van der Waals surface area contributed by atoms with E-state index >= 15 is 0 Å². The number of rotatable bonds is 7. The summed E-state index contributed by atoms with van der Waals surface area (Å²) < 4.78 is 33.2. The SMILES string of the molecule is CCOC(=O)c1cnn(C)c1NC(=O)CN1CCN(S(=O)(=O)c2ccccc2)CC1. The standard InChI is InChI=1S/C19H25N5O5S/c1-3-29-19(26)16-13-20-22(2)18(16)21-17(25)14-23-9-11-24(12-10-23)30(27,28)15-7-5-4-6-8-15/h4-8,13H,3,9-12,14H2,1-2H3,(H,21,25). The number of esters is 1. The van der Waals surface area contributed by atoms with Crippen LogP contribution in [0.3, 0.4) is 0 Å². The molecular formula is C19H25N5O5S. The van der Waals surface area contributed by atoms with Crippen LogP contribution < -0.4 is 5.32 Å². The van der Waals surface area contributed by atoms with E-state index in [9.17, 15) is 18.0 Å². The highest BCUT2D eigenvalue weighted by atomic mass is 32.2. The van der Waals surface area contributed by atoms with Gasteiger partial charge in [0, 0.05) is 33.2 Å². The van der Waals surface area contributed by atoms with Crippen LogP contribution in [-0.2, 0) is 26.6 Å². The molecule has 1 aromatic heterocycles. The zero-order chi connectivity index (χ0) is 21.7. The summed E-state index contributed by atoms with van der Waals surface area (Å²) in [7, 11) is -1.92. The molecule has 0 saturated carbocycles. The minimum atomic E-state index is -3.54. The van der Waals surface area contributed by atoms with Gasteiger partial charge >= 0.3 is 5.97 Å². The van der Waals surface area contributed by atoms with E-state index in [4.69, 9.17) is 4.74 Å². The van der Waals surface area contributed by atoms with Crippen LogP contribution in [0.2, 0.25) is 0 Å². The Hall–Kier alpha value is -2.76. The fourth-order valence-electron chi connectivity index (χ4n) is 3.19. The number of aromatic nitrogens is 2. The Morgan fingerprint density at radius 3 is 2.43 bits per heavy atom. The van der Waals surface area contributed by atoms with Crippen LogP contribution in [0.1, 0.15) is 17.3 Å². The number of carbonyl (C=O) groups is 2. The highest BCUT2D eigenvalue weighted by molar-refractivity contribution is 7.89. The molecule has 0 unspecified atom stereocenters. The lowest BCUT2D eigenvalue weighted by molar-refractivity contribution is -0.117. The topological polar surface area (TPSA) is 114 Å². The van der Waals surface area contributed by atoms with Crippen molar-refractivity contribution in [3.8, 4) is 0 Å². The molecule has 0 bridgehead atoms. The number of sulfonamides is 1. The van der Waals surface area contributed by atoms with Gasteiger partial charge in [0.25, 0.3) is 0 Å². The van der Waals surface area contributed by atoms with Crippen molar-refractivity contribution in [3.63, 3.8) is 0 Å². The van der Waals surface area contributed by atoms with E-state index in [1.165, 1.54) is 15.2 Å². The predicted molar refractivity (Wildman–Crippen MR) is 109 cm³/mol. The van der Waals surface area contributed by atoms with Gasteiger partial charge in [0.15, 0.2) is 0 Å². The first-order valence-electron chi connectivity index (χ1n) is 9.59. The van der Waals surface area contributed by atoms with Crippen molar-refractivity contribution in [2.45, 2.75) is 11.8 Å². The number of nitrogens with one attached hydrogen (secondary N) is 1. The lowest BCUT2D eigenvalue weighted by atomic mass is 10.3. The Morgan fingerprint density at radius 2 is 1.80 bits per heavy atom. The highest BCUT2D eigenvalue weighted by Gasteiger charge is 2.29. The third-order valence-electron chi connectivity index (χ3n) is 4.77. The number of aryl methyl sites for hydroxylation is 1. The maximum atomic E-state index is 12.7. The number of hydrogen-bond acceptors (Lipinski definition) is 7. The third kappa shape index (κ3) is 4.86. The molecule has 11 heteroatoms. The van der Waals surface area contributed by atoms with Gasteiger partial charge in [-0.15, -0.1) is 0 Å². The Labute approximate surface area is 175 Å². The Kier molecular flexibility index (Phi) is 6.85.